The summed E-state index contributed by atoms with van der Waals surface area (Å²) in [5.74, 6) is 2.64. The number of halogens is 1. The number of nitrogens with zero attached hydrogens (tertiary/aromatic N) is 4. The monoisotopic (exact) mass is 427 g/mol. The number of hydrogen-bond donors (Lipinski definition) is 2. The summed E-state index contributed by atoms with van der Waals surface area (Å²) >= 11 is 6.50. The van der Waals surface area contributed by atoms with E-state index >= 15 is 0 Å². The van der Waals surface area contributed by atoms with E-state index in [4.69, 9.17) is 16.3 Å². The minimum atomic E-state index is 0.169. The van der Waals surface area contributed by atoms with Gasteiger partial charge in [-0.25, -0.2) is 15.0 Å². The van der Waals surface area contributed by atoms with Gasteiger partial charge in [0.05, 0.1) is 13.4 Å². The lowest BCUT2D eigenvalue weighted by Crippen LogP contribution is -2.21. The lowest BCUT2D eigenvalue weighted by molar-refractivity contribution is 0.185. The molecule has 2 aliphatic carbocycles. The Morgan fingerprint density at radius 1 is 1.17 bits per heavy atom. The number of anilines is 1. The molecule has 1 aromatic carbocycles. The van der Waals surface area contributed by atoms with Gasteiger partial charge in [-0.1, -0.05) is 12.1 Å². The maximum atomic E-state index is 9.83. The molecule has 2 bridgehead atoms. The highest BCUT2D eigenvalue weighted by Crippen LogP contribution is 2.56. The lowest BCUT2D eigenvalue weighted by atomic mass is 9.94. The maximum absolute atomic E-state index is 9.83. The molecule has 0 radical (unpaired) electrons. The number of aliphatic hydroxyl groups is 1. The van der Waals surface area contributed by atoms with E-state index in [0.29, 0.717) is 11.8 Å². The van der Waals surface area contributed by atoms with Gasteiger partial charge < -0.3 is 19.7 Å². The van der Waals surface area contributed by atoms with Crippen molar-refractivity contribution in [3.63, 3.8) is 0 Å². The Morgan fingerprint density at radius 2 is 2.00 bits per heavy atom. The summed E-state index contributed by atoms with van der Waals surface area (Å²) in [5.41, 5.74) is 2.86. The first-order valence-corrected chi connectivity index (χ1v) is 10.9. The zero-order chi connectivity index (χ0) is 20.7. The first-order chi connectivity index (χ1) is 14.7. The third-order valence-corrected chi connectivity index (χ3v) is 7.36. The molecule has 30 heavy (non-hydrogen) atoms. The Balaban J connectivity index is 1.31. The molecule has 0 aliphatic heterocycles. The second-order valence-electron chi connectivity index (χ2n) is 8.30. The van der Waals surface area contributed by atoms with Crippen LogP contribution in [-0.2, 0) is 6.42 Å². The fourth-order valence-electron chi connectivity index (χ4n) is 5.35. The van der Waals surface area contributed by atoms with Crippen LogP contribution in [0.5, 0.6) is 5.75 Å². The summed E-state index contributed by atoms with van der Waals surface area (Å²) in [5, 5.41) is 13.4. The summed E-state index contributed by atoms with van der Waals surface area (Å²) < 4.78 is 7.38. The average Bonchev–Trinajstić information content (AvgIpc) is 3.44. The number of methoxy groups -OCH3 is 1. The topological polar surface area (TPSA) is 85.1 Å². The van der Waals surface area contributed by atoms with Crippen molar-refractivity contribution in [1.29, 1.82) is 0 Å². The SMILES string of the molecule is COc1ccc(CCNc2ncnc3c2ncn3[C@H]2C[C@H]3[C@H](CO)[C@@H]2C[C@@H]3Cl)cc1. The molecular weight excluding hydrogens is 402 g/mol. The number of hydrogen-bond acceptors (Lipinski definition) is 6. The van der Waals surface area contributed by atoms with E-state index in [1.165, 1.54) is 5.56 Å². The van der Waals surface area contributed by atoms with Crippen LogP contribution in [-0.4, -0.2) is 50.3 Å². The van der Waals surface area contributed by atoms with E-state index in [2.05, 4.69) is 37.0 Å². The van der Waals surface area contributed by atoms with E-state index in [1.54, 1.807) is 13.4 Å². The highest BCUT2D eigenvalue weighted by molar-refractivity contribution is 6.21. The Hall–Kier alpha value is -2.38. The van der Waals surface area contributed by atoms with Crippen LogP contribution in [0.3, 0.4) is 0 Å². The van der Waals surface area contributed by atoms with Gasteiger partial charge in [-0.15, -0.1) is 11.6 Å². The van der Waals surface area contributed by atoms with Crippen molar-refractivity contribution in [2.75, 3.05) is 25.6 Å². The molecule has 3 aromatic rings. The number of imidazole rings is 1. The van der Waals surface area contributed by atoms with Gasteiger partial charge in [0.25, 0.3) is 0 Å². The van der Waals surface area contributed by atoms with Crippen LogP contribution >= 0.6 is 11.6 Å². The summed E-state index contributed by atoms with van der Waals surface area (Å²) in [6, 6.07) is 8.37. The third kappa shape index (κ3) is 3.30. The molecule has 2 heterocycles. The maximum Gasteiger partial charge on any atom is 0.165 e. The molecule has 2 N–H and O–H groups in total. The number of aliphatic hydroxyl groups excluding tert-OH is 1. The van der Waals surface area contributed by atoms with Crippen LogP contribution < -0.4 is 10.1 Å². The molecule has 5 rings (SSSR count). The number of ether oxygens (including phenoxy) is 1. The lowest BCUT2D eigenvalue weighted by Gasteiger charge is -2.25. The quantitative estimate of drug-likeness (QED) is 0.563. The number of fused-ring (bicyclic) bond motifs is 3. The van der Waals surface area contributed by atoms with Crippen LogP contribution in [0.15, 0.2) is 36.9 Å². The van der Waals surface area contributed by atoms with E-state index in [9.17, 15) is 5.11 Å². The predicted molar refractivity (Wildman–Crippen MR) is 116 cm³/mol. The smallest absolute Gasteiger partial charge is 0.165 e. The van der Waals surface area contributed by atoms with Crippen molar-refractivity contribution in [1.82, 2.24) is 19.5 Å². The van der Waals surface area contributed by atoms with Crippen LogP contribution in [0.2, 0.25) is 0 Å². The molecule has 158 valence electrons. The van der Waals surface area contributed by atoms with E-state index in [0.717, 1.165) is 48.5 Å². The highest BCUT2D eigenvalue weighted by Gasteiger charge is 2.53. The van der Waals surface area contributed by atoms with Gasteiger partial charge in [0.1, 0.15) is 17.6 Å². The van der Waals surface area contributed by atoms with E-state index in [-0.39, 0.29) is 23.9 Å². The van der Waals surface area contributed by atoms with E-state index in [1.807, 2.05) is 18.5 Å². The Bertz CT molecular complexity index is 1020. The number of alkyl halides is 1. The number of rotatable bonds is 7. The minimum Gasteiger partial charge on any atom is -0.497 e. The van der Waals surface area contributed by atoms with Gasteiger partial charge in [-0.3, -0.25) is 0 Å². The van der Waals surface area contributed by atoms with Gasteiger partial charge >= 0.3 is 0 Å². The summed E-state index contributed by atoms with van der Waals surface area (Å²) in [6.45, 7) is 0.953. The van der Waals surface area contributed by atoms with Gasteiger partial charge in [-0.05, 0) is 54.7 Å². The van der Waals surface area contributed by atoms with Crippen LogP contribution in [0.25, 0.3) is 11.2 Å². The van der Waals surface area contributed by atoms with Crippen LogP contribution in [0.1, 0.15) is 24.4 Å². The molecule has 0 unspecified atom stereocenters. The van der Waals surface area contributed by atoms with Crippen LogP contribution in [0.4, 0.5) is 5.82 Å². The van der Waals surface area contributed by atoms with Gasteiger partial charge in [-0.2, -0.15) is 0 Å². The Labute approximate surface area is 180 Å². The molecule has 5 atom stereocenters. The van der Waals surface area contributed by atoms with Gasteiger partial charge in [0.15, 0.2) is 11.5 Å². The molecule has 0 spiro atoms. The Morgan fingerprint density at radius 3 is 2.73 bits per heavy atom. The summed E-state index contributed by atoms with van der Waals surface area (Å²) in [6.07, 6.45) is 6.26. The molecule has 8 heteroatoms. The fraction of sp³-hybridized carbons (Fsp3) is 0.500. The highest BCUT2D eigenvalue weighted by atomic mass is 35.5. The molecule has 7 nitrogen and oxygen atoms in total. The van der Waals surface area contributed by atoms with Gasteiger partial charge in [0.2, 0.25) is 0 Å². The summed E-state index contributed by atoms with van der Waals surface area (Å²) in [7, 11) is 1.67. The zero-order valence-electron chi connectivity index (χ0n) is 16.9. The average molecular weight is 428 g/mol. The molecule has 0 saturated heterocycles. The molecule has 2 aliphatic rings. The number of benzene rings is 1. The zero-order valence-corrected chi connectivity index (χ0v) is 17.7. The van der Waals surface area contributed by atoms with Crippen molar-refractivity contribution in [2.24, 2.45) is 17.8 Å². The van der Waals surface area contributed by atoms with Gasteiger partial charge in [0, 0.05) is 24.6 Å². The second kappa shape index (κ2) is 8.04. The third-order valence-electron chi connectivity index (χ3n) is 6.86. The largest absolute Gasteiger partial charge is 0.497 e. The standard InChI is InChI=1S/C22H26ClN5O2/c1-30-14-4-2-13(3-5-14)6-7-24-21-20-22(26-11-25-21)28(12-27-20)19-9-15-17(10-29)16(19)8-18(15)23/h2-5,11-12,15-19,29H,6-10H2,1H3,(H,24,25,26)/t15-,16-,17-,18-,19-/m0/s1. The van der Waals surface area contributed by atoms with Crippen molar-refractivity contribution in [3.05, 3.63) is 42.5 Å². The second-order valence-corrected chi connectivity index (χ2v) is 8.86. The normalized spacial score (nSPS) is 27.6. The van der Waals surface area contributed by atoms with Crippen LogP contribution in [0, 0.1) is 17.8 Å². The minimum absolute atomic E-state index is 0.169. The number of aromatic nitrogens is 4. The molecule has 2 aromatic heterocycles. The van der Waals surface area contributed by atoms with Crippen molar-refractivity contribution < 1.29 is 9.84 Å². The van der Waals surface area contributed by atoms with Crippen molar-refractivity contribution in [2.45, 2.75) is 30.7 Å². The fourth-order valence-corrected chi connectivity index (χ4v) is 5.84. The Kier molecular flexibility index (Phi) is 5.25. The predicted octanol–water partition coefficient (Wildman–Crippen LogP) is 3.29. The van der Waals surface area contributed by atoms with E-state index < -0.39 is 0 Å². The summed E-state index contributed by atoms with van der Waals surface area (Å²) in [4.78, 5) is 13.6. The first kappa shape index (κ1) is 19.6. The first-order valence-electron chi connectivity index (χ1n) is 10.5. The molecule has 2 saturated carbocycles. The van der Waals surface area contributed by atoms with Crippen molar-refractivity contribution >= 4 is 28.6 Å². The molecule has 2 fully saturated rings. The number of nitrogens with one attached hydrogen (secondary N) is 1. The van der Waals surface area contributed by atoms with Crippen molar-refractivity contribution in [3.8, 4) is 5.75 Å². The molecule has 0 amide bonds. The molecular formula is C22H26ClN5O2.